The maximum atomic E-state index is 2.48. The molecule has 0 amide bonds. The van der Waals surface area contributed by atoms with Crippen molar-refractivity contribution in [2.45, 2.75) is 26.3 Å². The zero-order chi connectivity index (χ0) is 15.4. The highest BCUT2D eigenvalue weighted by atomic mass is 127. The van der Waals surface area contributed by atoms with Crippen LogP contribution in [0.1, 0.15) is 24.6 Å². The predicted molar refractivity (Wildman–Crippen MR) is 102 cm³/mol. The van der Waals surface area contributed by atoms with Crippen molar-refractivity contribution >= 4 is 22.6 Å². The summed E-state index contributed by atoms with van der Waals surface area (Å²) >= 11 is 2.48. The fourth-order valence-electron chi connectivity index (χ4n) is 2.84. The van der Waals surface area contributed by atoms with Crippen LogP contribution >= 0.6 is 22.6 Å². The molecule has 0 saturated heterocycles. The van der Waals surface area contributed by atoms with Crippen LogP contribution in [0.5, 0.6) is 0 Å². The molecule has 3 aromatic rings. The fourth-order valence-corrected chi connectivity index (χ4v) is 3.70. The van der Waals surface area contributed by atoms with Crippen molar-refractivity contribution < 1.29 is 0 Å². The molecule has 2 heteroatoms. The summed E-state index contributed by atoms with van der Waals surface area (Å²) in [5.41, 5.74) is 5.41. The number of halogens is 1. The van der Waals surface area contributed by atoms with E-state index in [0.717, 1.165) is 13.0 Å². The number of rotatable bonds is 5. The van der Waals surface area contributed by atoms with E-state index in [-0.39, 0.29) is 0 Å². The van der Waals surface area contributed by atoms with Crippen molar-refractivity contribution in [3.63, 3.8) is 0 Å². The summed E-state index contributed by atoms with van der Waals surface area (Å²) in [5.74, 6) is 0. The van der Waals surface area contributed by atoms with Crippen molar-refractivity contribution in [1.82, 2.24) is 4.57 Å². The Morgan fingerprint density at radius 1 is 0.909 bits per heavy atom. The lowest BCUT2D eigenvalue weighted by molar-refractivity contribution is 0.728. The van der Waals surface area contributed by atoms with Crippen molar-refractivity contribution in [3.8, 4) is 11.3 Å². The summed E-state index contributed by atoms with van der Waals surface area (Å²) in [6, 6.07) is 23.7. The molecule has 0 aliphatic heterocycles. The highest BCUT2D eigenvalue weighted by Crippen LogP contribution is 2.29. The SMILES string of the molecule is CCCc1c(I)cc(-c2ccccc2)n1Cc1ccccc1. The number of hydrogen-bond donors (Lipinski definition) is 0. The first-order valence-corrected chi connectivity index (χ1v) is 8.84. The van der Waals surface area contributed by atoms with E-state index in [4.69, 9.17) is 0 Å². The van der Waals surface area contributed by atoms with Gasteiger partial charge in [0.1, 0.15) is 0 Å². The fraction of sp³-hybridized carbons (Fsp3) is 0.200. The molecule has 0 bridgehead atoms. The quantitative estimate of drug-likeness (QED) is 0.479. The molecule has 0 atom stereocenters. The Balaban J connectivity index is 2.08. The summed E-state index contributed by atoms with van der Waals surface area (Å²) in [6.45, 7) is 3.18. The zero-order valence-electron chi connectivity index (χ0n) is 12.8. The molecule has 22 heavy (non-hydrogen) atoms. The minimum Gasteiger partial charge on any atom is -0.339 e. The maximum absolute atomic E-state index is 2.48. The normalized spacial score (nSPS) is 10.8. The molecule has 0 radical (unpaired) electrons. The summed E-state index contributed by atoms with van der Waals surface area (Å²) in [5, 5.41) is 0. The monoisotopic (exact) mass is 401 g/mol. The molecule has 0 aliphatic rings. The third-order valence-corrected chi connectivity index (χ3v) is 4.83. The van der Waals surface area contributed by atoms with Crippen LogP contribution in [-0.4, -0.2) is 4.57 Å². The van der Waals surface area contributed by atoms with Gasteiger partial charge >= 0.3 is 0 Å². The van der Waals surface area contributed by atoms with Gasteiger partial charge in [0.15, 0.2) is 0 Å². The number of aromatic nitrogens is 1. The second-order valence-electron chi connectivity index (χ2n) is 5.51. The lowest BCUT2D eigenvalue weighted by Gasteiger charge is -2.14. The van der Waals surface area contributed by atoms with Gasteiger partial charge in [0.25, 0.3) is 0 Å². The first kappa shape index (κ1) is 15.3. The van der Waals surface area contributed by atoms with Crippen molar-refractivity contribution in [2.24, 2.45) is 0 Å². The summed E-state index contributed by atoms with van der Waals surface area (Å²) in [4.78, 5) is 0. The Bertz CT molecular complexity index is 729. The van der Waals surface area contributed by atoms with Crippen molar-refractivity contribution in [1.29, 1.82) is 0 Å². The van der Waals surface area contributed by atoms with Gasteiger partial charge in [-0.3, -0.25) is 0 Å². The van der Waals surface area contributed by atoms with Gasteiger partial charge in [-0.25, -0.2) is 0 Å². The van der Waals surface area contributed by atoms with Gasteiger partial charge < -0.3 is 4.57 Å². The molecule has 1 aromatic heterocycles. The Hall–Kier alpha value is -1.55. The Kier molecular flexibility index (Phi) is 4.98. The van der Waals surface area contributed by atoms with Crippen molar-refractivity contribution in [2.75, 3.05) is 0 Å². The standard InChI is InChI=1S/C20H20IN/c1-2-9-19-18(21)14-20(17-12-7-4-8-13-17)22(19)15-16-10-5-3-6-11-16/h3-8,10-14H,2,9,15H2,1H3. The average molecular weight is 401 g/mol. The molecule has 0 saturated carbocycles. The van der Waals surface area contributed by atoms with Crippen LogP contribution in [0.25, 0.3) is 11.3 Å². The maximum Gasteiger partial charge on any atom is 0.0496 e. The molecule has 0 unspecified atom stereocenters. The van der Waals surface area contributed by atoms with E-state index in [0.29, 0.717) is 0 Å². The lowest BCUT2D eigenvalue weighted by atomic mass is 10.1. The van der Waals surface area contributed by atoms with E-state index in [9.17, 15) is 0 Å². The molecule has 3 rings (SSSR count). The lowest BCUT2D eigenvalue weighted by Crippen LogP contribution is -2.06. The minimum atomic E-state index is 0.934. The molecular formula is C20H20IN. The number of benzene rings is 2. The smallest absolute Gasteiger partial charge is 0.0496 e. The van der Waals surface area contributed by atoms with E-state index in [2.05, 4.69) is 101 Å². The van der Waals surface area contributed by atoms with Gasteiger partial charge in [-0.05, 0) is 46.2 Å². The molecule has 0 spiro atoms. The Morgan fingerprint density at radius 3 is 2.18 bits per heavy atom. The molecule has 0 N–H and O–H groups in total. The van der Waals surface area contributed by atoms with Crippen LogP contribution in [0.3, 0.4) is 0 Å². The van der Waals surface area contributed by atoms with Gasteiger partial charge in [0.2, 0.25) is 0 Å². The molecular weight excluding hydrogens is 381 g/mol. The summed E-state index contributed by atoms with van der Waals surface area (Å²) in [7, 11) is 0. The average Bonchev–Trinajstić information content (AvgIpc) is 2.86. The molecule has 0 fully saturated rings. The van der Waals surface area contributed by atoms with Gasteiger partial charge in [-0.1, -0.05) is 74.0 Å². The first-order valence-electron chi connectivity index (χ1n) is 7.77. The predicted octanol–water partition coefficient (Wildman–Crippen LogP) is 5.76. The second-order valence-corrected chi connectivity index (χ2v) is 6.67. The Morgan fingerprint density at radius 2 is 1.55 bits per heavy atom. The minimum absolute atomic E-state index is 0.934. The van der Waals surface area contributed by atoms with E-state index >= 15 is 0 Å². The molecule has 1 nitrogen and oxygen atoms in total. The molecule has 1 heterocycles. The molecule has 2 aromatic carbocycles. The molecule has 0 aliphatic carbocycles. The van der Waals surface area contributed by atoms with Crippen LogP contribution < -0.4 is 0 Å². The zero-order valence-corrected chi connectivity index (χ0v) is 15.0. The van der Waals surface area contributed by atoms with Gasteiger partial charge in [0.05, 0.1) is 0 Å². The van der Waals surface area contributed by atoms with E-state index in [1.54, 1.807) is 0 Å². The Labute approximate surface area is 146 Å². The van der Waals surface area contributed by atoms with Gasteiger partial charge in [-0.2, -0.15) is 0 Å². The topological polar surface area (TPSA) is 4.93 Å². The van der Waals surface area contributed by atoms with E-state index in [1.807, 2.05) is 0 Å². The van der Waals surface area contributed by atoms with E-state index in [1.165, 1.54) is 32.5 Å². The molecule has 112 valence electrons. The highest BCUT2D eigenvalue weighted by Gasteiger charge is 2.14. The number of nitrogens with zero attached hydrogens (tertiary/aromatic N) is 1. The van der Waals surface area contributed by atoms with Crippen LogP contribution in [-0.2, 0) is 13.0 Å². The largest absolute Gasteiger partial charge is 0.339 e. The third kappa shape index (κ3) is 3.27. The second kappa shape index (κ2) is 7.14. The van der Waals surface area contributed by atoms with Crippen LogP contribution in [0, 0.1) is 3.57 Å². The van der Waals surface area contributed by atoms with Crippen molar-refractivity contribution in [3.05, 3.63) is 81.6 Å². The van der Waals surface area contributed by atoms with Crippen LogP contribution in [0.15, 0.2) is 66.7 Å². The third-order valence-electron chi connectivity index (χ3n) is 3.90. The number of hydrogen-bond acceptors (Lipinski definition) is 0. The van der Waals surface area contributed by atoms with Gasteiger partial charge in [-0.15, -0.1) is 0 Å². The first-order chi connectivity index (χ1) is 10.8. The summed E-state index contributed by atoms with van der Waals surface area (Å²) in [6.07, 6.45) is 2.29. The van der Waals surface area contributed by atoms with Gasteiger partial charge in [0, 0.05) is 21.5 Å². The summed E-state index contributed by atoms with van der Waals surface area (Å²) < 4.78 is 3.85. The highest BCUT2D eigenvalue weighted by molar-refractivity contribution is 14.1. The van der Waals surface area contributed by atoms with Crippen LogP contribution in [0.4, 0.5) is 0 Å². The van der Waals surface area contributed by atoms with E-state index < -0.39 is 0 Å². The van der Waals surface area contributed by atoms with Crippen LogP contribution in [0.2, 0.25) is 0 Å².